The highest BCUT2D eigenvalue weighted by atomic mass is 35.5. The Bertz CT molecular complexity index is 647. The topological polar surface area (TPSA) is 24.1 Å². The van der Waals surface area contributed by atoms with Crippen molar-refractivity contribution in [1.29, 1.82) is 0 Å². The lowest BCUT2D eigenvalue weighted by atomic mass is 10.1. The zero-order chi connectivity index (χ0) is 15.2. The zero-order valence-electron chi connectivity index (χ0n) is 11.0. The number of nitrogens with one attached hydrogen (secondary N) is 2. The second kappa shape index (κ2) is 7.85. The van der Waals surface area contributed by atoms with Crippen LogP contribution in [0.4, 0.5) is 5.69 Å². The van der Waals surface area contributed by atoms with Gasteiger partial charge in [-0.15, -0.1) is 0 Å². The number of anilines is 1. The van der Waals surface area contributed by atoms with E-state index < -0.39 is 0 Å². The van der Waals surface area contributed by atoms with Crippen LogP contribution in [0.15, 0.2) is 42.5 Å². The highest BCUT2D eigenvalue weighted by Gasteiger charge is 2.02. The van der Waals surface area contributed by atoms with E-state index in [0.717, 1.165) is 17.7 Å². The van der Waals surface area contributed by atoms with Crippen molar-refractivity contribution >= 4 is 57.8 Å². The summed E-state index contributed by atoms with van der Waals surface area (Å²) in [7, 11) is 0. The number of hydrogen-bond donors (Lipinski definition) is 2. The molecule has 2 aromatic rings. The van der Waals surface area contributed by atoms with Gasteiger partial charge in [0.25, 0.3) is 0 Å². The molecule has 2 N–H and O–H groups in total. The molecule has 0 aliphatic heterocycles. The van der Waals surface area contributed by atoms with E-state index in [1.54, 1.807) is 6.07 Å². The number of para-hydroxylation sites is 1. The Morgan fingerprint density at radius 1 is 0.952 bits per heavy atom. The second-order valence-electron chi connectivity index (χ2n) is 4.36. The van der Waals surface area contributed by atoms with Crippen LogP contribution in [0.3, 0.4) is 0 Å². The summed E-state index contributed by atoms with van der Waals surface area (Å²) in [4.78, 5) is 0. The Morgan fingerprint density at radius 2 is 1.71 bits per heavy atom. The lowest BCUT2D eigenvalue weighted by molar-refractivity contribution is 0.873. The first-order valence-corrected chi connectivity index (χ1v) is 7.84. The van der Waals surface area contributed by atoms with Gasteiger partial charge in [-0.3, -0.25) is 0 Å². The van der Waals surface area contributed by atoms with E-state index in [1.165, 1.54) is 0 Å². The Labute approximate surface area is 144 Å². The van der Waals surface area contributed by atoms with Crippen molar-refractivity contribution in [1.82, 2.24) is 5.32 Å². The molecule has 2 nitrogen and oxygen atoms in total. The van der Waals surface area contributed by atoms with Crippen LogP contribution in [-0.4, -0.2) is 11.7 Å². The maximum absolute atomic E-state index is 6.05. The van der Waals surface area contributed by atoms with Crippen LogP contribution in [0, 0.1) is 0 Å². The molecule has 0 aromatic heterocycles. The van der Waals surface area contributed by atoms with E-state index in [0.29, 0.717) is 26.7 Å². The smallest absolute Gasteiger partial charge is 0.170 e. The van der Waals surface area contributed by atoms with E-state index >= 15 is 0 Å². The number of thiocarbonyl (C=S) groups is 1. The predicted molar refractivity (Wildman–Crippen MR) is 95.8 cm³/mol. The van der Waals surface area contributed by atoms with Gasteiger partial charge in [0.2, 0.25) is 0 Å². The molecule has 0 heterocycles. The van der Waals surface area contributed by atoms with Crippen molar-refractivity contribution in [2.75, 3.05) is 11.9 Å². The first-order chi connectivity index (χ1) is 10.1. The minimum absolute atomic E-state index is 0.531. The molecule has 0 atom stereocenters. The number of hydrogen-bond acceptors (Lipinski definition) is 1. The zero-order valence-corrected chi connectivity index (χ0v) is 14.1. The lowest BCUT2D eigenvalue weighted by Gasteiger charge is -2.11. The summed E-state index contributed by atoms with van der Waals surface area (Å²) in [5.41, 5.74) is 1.88. The van der Waals surface area contributed by atoms with Crippen LogP contribution in [0.25, 0.3) is 0 Å². The first-order valence-electron chi connectivity index (χ1n) is 6.29. The molecule has 0 spiro atoms. The minimum atomic E-state index is 0.531. The maximum atomic E-state index is 6.05. The third kappa shape index (κ3) is 5.04. The van der Waals surface area contributed by atoms with Crippen LogP contribution in [0.2, 0.25) is 15.1 Å². The molecule has 110 valence electrons. The van der Waals surface area contributed by atoms with E-state index in [1.807, 2.05) is 36.4 Å². The van der Waals surface area contributed by atoms with E-state index in [2.05, 4.69) is 10.6 Å². The van der Waals surface area contributed by atoms with Crippen LogP contribution >= 0.6 is 47.0 Å². The normalized spacial score (nSPS) is 10.2. The van der Waals surface area contributed by atoms with E-state index in [-0.39, 0.29) is 0 Å². The summed E-state index contributed by atoms with van der Waals surface area (Å²) in [6.07, 6.45) is 0.793. The first kappa shape index (κ1) is 16.4. The average Bonchev–Trinajstić information content (AvgIpc) is 2.45. The fraction of sp³-hybridized carbons (Fsp3) is 0.133. The molecule has 0 saturated heterocycles. The van der Waals surface area contributed by atoms with E-state index in [4.69, 9.17) is 47.0 Å². The summed E-state index contributed by atoms with van der Waals surface area (Å²) in [5.74, 6) is 0. The molecule has 6 heteroatoms. The molecular formula is C15H13Cl3N2S. The molecule has 2 rings (SSSR count). The van der Waals surface area contributed by atoms with Crippen molar-refractivity contribution in [2.45, 2.75) is 6.42 Å². The standard InChI is InChI=1S/C15H13Cl3N2S/c16-11-6-5-10(9-13(11)18)7-8-19-15(21)20-14-4-2-1-3-12(14)17/h1-6,9H,7-8H2,(H2,19,20,21). The lowest BCUT2D eigenvalue weighted by Crippen LogP contribution is -2.30. The van der Waals surface area contributed by atoms with Crippen LogP contribution in [0.5, 0.6) is 0 Å². The van der Waals surface area contributed by atoms with Crippen molar-refractivity contribution in [3.05, 3.63) is 63.1 Å². The SMILES string of the molecule is S=C(NCCc1ccc(Cl)c(Cl)c1)Nc1ccccc1Cl. The molecule has 0 aliphatic carbocycles. The van der Waals surface area contributed by atoms with Crippen LogP contribution in [-0.2, 0) is 6.42 Å². The van der Waals surface area contributed by atoms with Crippen LogP contribution < -0.4 is 10.6 Å². The molecule has 21 heavy (non-hydrogen) atoms. The van der Waals surface area contributed by atoms with Gasteiger partial charge in [0.1, 0.15) is 0 Å². The monoisotopic (exact) mass is 358 g/mol. The largest absolute Gasteiger partial charge is 0.362 e. The third-order valence-electron chi connectivity index (χ3n) is 2.81. The van der Waals surface area contributed by atoms with Crippen molar-refractivity contribution in [2.24, 2.45) is 0 Å². The van der Waals surface area contributed by atoms with Crippen molar-refractivity contribution < 1.29 is 0 Å². The Balaban J connectivity index is 1.82. The van der Waals surface area contributed by atoms with Gasteiger partial charge >= 0.3 is 0 Å². The summed E-state index contributed by atoms with van der Waals surface area (Å²) in [6, 6.07) is 13.0. The fourth-order valence-electron chi connectivity index (χ4n) is 1.74. The van der Waals surface area contributed by atoms with Gasteiger partial charge in [0.15, 0.2) is 5.11 Å². The summed E-state index contributed by atoms with van der Waals surface area (Å²) in [5, 5.41) is 8.47. The average molecular weight is 360 g/mol. The molecule has 2 aromatic carbocycles. The minimum Gasteiger partial charge on any atom is -0.362 e. The predicted octanol–water partition coefficient (Wildman–Crippen LogP) is 5.18. The van der Waals surface area contributed by atoms with Crippen molar-refractivity contribution in [3.63, 3.8) is 0 Å². The highest BCUT2D eigenvalue weighted by Crippen LogP contribution is 2.22. The molecule has 0 saturated carbocycles. The summed E-state index contributed by atoms with van der Waals surface area (Å²) in [6.45, 7) is 0.689. The summed E-state index contributed by atoms with van der Waals surface area (Å²) < 4.78 is 0. The molecule has 0 aliphatic rings. The molecule has 0 amide bonds. The summed E-state index contributed by atoms with van der Waals surface area (Å²) >= 11 is 23.1. The Hall–Kier alpha value is -1.00. The van der Waals surface area contributed by atoms with Gasteiger partial charge in [-0.05, 0) is 48.5 Å². The second-order valence-corrected chi connectivity index (χ2v) is 5.99. The quantitative estimate of drug-likeness (QED) is 0.736. The number of rotatable bonds is 4. The van der Waals surface area contributed by atoms with Crippen molar-refractivity contribution in [3.8, 4) is 0 Å². The van der Waals surface area contributed by atoms with Gasteiger partial charge in [0.05, 0.1) is 20.8 Å². The molecule has 0 radical (unpaired) electrons. The number of halogens is 3. The van der Waals surface area contributed by atoms with Gasteiger partial charge in [-0.25, -0.2) is 0 Å². The Kier molecular flexibility index (Phi) is 6.12. The Morgan fingerprint density at radius 3 is 2.43 bits per heavy atom. The van der Waals surface area contributed by atoms with E-state index in [9.17, 15) is 0 Å². The third-order valence-corrected chi connectivity index (χ3v) is 4.12. The fourth-order valence-corrected chi connectivity index (χ4v) is 2.46. The van der Waals surface area contributed by atoms with Gasteiger partial charge in [-0.2, -0.15) is 0 Å². The van der Waals surface area contributed by atoms with Gasteiger partial charge in [-0.1, -0.05) is 53.0 Å². The molecule has 0 fully saturated rings. The molecular weight excluding hydrogens is 347 g/mol. The van der Waals surface area contributed by atoms with Crippen LogP contribution in [0.1, 0.15) is 5.56 Å². The molecule has 0 unspecified atom stereocenters. The maximum Gasteiger partial charge on any atom is 0.170 e. The molecule has 0 bridgehead atoms. The van der Waals surface area contributed by atoms with Gasteiger partial charge in [0, 0.05) is 6.54 Å². The highest BCUT2D eigenvalue weighted by molar-refractivity contribution is 7.80. The number of benzene rings is 2. The van der Waals surface area contributed by atoms with Gasteiger partial charge < -0.3 is 10.6 Å².